The number of nitrogens with zero attached hydrogens (tertiary/aromatic N) is 2. The van der Waals surface area contributed by atoms with Gasteiger partial charge in [0, 0.05) is 15.8 Å². The molecule has 3 aromatic carbocycles. The van der Waals surface area contributed by atoms with E-state index in [1.165, 1.54) is 16.7 Å². The van der Waals surface area contributed by atoms with E-state index in [-0.39, 0.29) is 11.5 Å². The first-order valence-corrected chi connectivity index (χ1v) is 12.0. The van der Waals surface area contributed by atoms with E-state index in [1.54, 1.807) is 36.4 Å². The normalized spacial score (nSPS) is 16.9. The number of carbonyl (C=O) groups excluding carboxylic acids is 2. The molecule has 164 valence electrons. The fourth-order valence-electron chi connectivity index (χ4n) is 3.58. The van der Waals surface area contributed by atoms with E-state index in [0.717, 1.165) is 15.6 Å². The number of carbonyl (C=O) groups is 2. The third-order valence-electron chi connectivity index (χ3n) is 5.13. The lowest BCUT2D eigenvalue weighted by atomic mass is 10.1. The van der Waals surface area contributed by atoms with Crippen molar-refractivity contribution in [3.8, 4) is 6.07 Å². The number of para-hydroxylation sites is 1. The number of aryl methyl sites for hydroxylation is 1. The first kappa shape index (κ1) is 22.8. The molecule has 0 aromatic heterocycles. The van der Waals surface area contributed by atoms with Gasteiger partial charge in [-0.15, -0.1) is 0 Å². The molecule has 1 N–H and O–H groups in total. The molecule has 0 radical (unpaired) electrons. The molecule has 5 nitrogen and oxygen atoms in total. The Balaban J connectivity index is 1.71. The van der Waals surface area contributed by atoms with Crippen LogP contribution in [0.4, 0.5) is 11.4 Å². The minimum Gasteiger partial charge on any atom is -0.321 e. The Bertz CT molecular complexity index is 1270. The van der Waals surface area contributed by atoms with Crippen molar-refractivity contribution in [1.82, 2.24) is 0 Å². The average Bonchev–Trinajstić information content (AvgIpc) is 3.12. The summed E-state index contributed by atoms with van der Waals surface area (Å²) >= 11 is 4.63. The highest BCUT2D eigenvalue weighted by Crippen LogP contribution is 2.42. The van der Waals surface area contributed by atoms with E-state index in [2.05, 4.69) is 21.2 Å². The highest BCUT2D eigenvalue weighted by Gasteiger charge is 2.40. The van der Waals surface area contributed by atoms with E-state index in [9.17, 15) is 14.9 Å². The Kier molecular flexibility index (Phi) is 6.97. The maximum Gasteiger partial charge on any atom is 0.269 e. The second-order valence-electron chi connectivity index (χ2n) is 7.56. The smallest absolute Gasteiger partial charge is 0.269 e. The standard InChI is InChI=1S/C26H20BrN3O2S/c1-17-6-5-7-18(14-17)15-23-25(32)30(21-8-3-2-4-9-21)26(33-23)22(16-28)24(31)29-20-12-10-19(27)11-13-20/h2-14,23H,15H2,1H3,(H,29,31)/b26-22-/t23-/m0/s1. The van der Waals surface area contributed by atoms with Gasteiger partial charge in [-0.1, -0.05) is 75.7 Å². The van der Waals surface area contributed by atoms with Crippen LogP contribution in [0.15, 0.2) is 93.9 Å². The quantitative estimate of drug-likeness (QED) is 0.341. The van der Waals surface area contributed by atoms with Gasteiger partial charge in [0.25, 0.3) is 5.91 Å². The number of hydrogen-bond donors (Lipinski definition) is 1. The van der Waals surface area contributed by atoms with Crippen LogP contribution in [0.2, 0.25) is 0 Å². The zero-order valence-electron chi connectivity index (χ0n) is 17.8. The van der Waals surface area contributed by atoms with Gasteiger partial charge in [0.15, 0.2) is 0 Å². The minimum atomic E-state index is -0.549. The Morgan fingerprint density at radius 1 is 1.09 bits per heavy atom. The molecule has 2 amide bonds. The zero-order valence-corrected chi connectivity index (χ0v) is 20.2. The van der Waals surface area contributed by atoms with Crippen LogP contribution >= 0.6 is 27.7 Å². The number of rotatable bonds is 5. The molecule has 3 aromatic rings. The van der Waals surface area contributed by atoms with Crippen LogP contribution in [-0.2, 0) is 16.0 Å². The summed E-state index contributed by atoms with van der Waals surface area (Å²) in [4.78, 5) is 28.0. The number of thioether (sulfide) groups is 1. The molecule has 7 heteroatoms. The molecule has 1 aliphatic rings. The fraction of sp³-hybridized carbons (Fsp3) is 0.115. The molecule has 0 unspecified atom stereocenters. The van der Waals surface area contributed by atoms with Crippen molar-refractivity contribution in [2.45, 2.75) is 18.6 Å². The Morgan fingerprint density at radius 2 is 1.82 bits per heavy atom. The van der Waals surface area contributed by atoms with Gasteiger partial charge in [-0.05, 0) is 55.3 Å². The zero-order chi connectivity index (χ0) is 23.4. The van der Waals surface area contributed by atoms with Crippen molar-refractivity contribution in [3.63, 3.8) is 0 Å². The summed E-state index contributed by atoms with van der Waals surface area (Å²) in [5.74, 6) is -0.695. The largest absolute Gasteiger partial charge is 0.321 e. The van der Waals surface area contributed by atoms with Gasteiger partial charge in [0.1, 0.15) is 16.7 Å². The van der Waals surface area contributed by atoms with E-state index < -0.39 is 11.2 Å². The van der Waals surface area contributed by atoms with Crippen LogP contribution in [0.3, 0.4) is 0 Å². The van der Waals surface area contributed by atoms with Gasteiger partial charge in [-0.2, -0.15) is 5.26 Å². The lowest BCUT2D eigenvalue weighted by molar-refractivity contribution is -0.117. The molecular formula is C26H20BrN3O2S. The number of hydrogen-bond acceptors (Lipinski definition) is 4. The molecule has 1 saturated heterocycles. The maximum absolute atomic E-state index is 13.5. The number of benzene rings is 3. The van der Waals surface area contributed by atoms with Crippen molar-refractivity contribution in [2.75, 3.05) is 10.2 Å². The maximum atomic E-state index is 13.5. The molecule has 1 aliphatic heterocycles. The van der Waals surface area contributed by atoms with Gasteiger partial charge in [0.05, 0.1) is 5.25 Å². The lowest BCUT2D eigenvalue weighted by Gasteiger charge is -2.18. The molecule has 33 heavy (non-hydrogen) atoms. The third-order valence-corrected chi connectivity index (χ3v) is 6.92. The molecule has 0 bridgehead atoms. The van der Waals surface area contributed by atoms with Crippen LogP contribution in [0, 0.1) is 18.3 Å². The highest BCUT2D eigenvalue weighted by atomic mass is 79.9. The van der Waals surface area contributed by atoms with Gasteiger partial charge in [-0.25, -0.2) is 0 Å². The van der Waals surface area contributed by atoms with Gasteiger partial charge >= 0.3 is 0 Å². The second kappa shape index (κ2) is 10.1. The second-order valence-corrected chi connectivity index (χ2v) is 9.67. The fourth-order valence-corrected chi connectivity index (χ4v) is 5.15. The van der Waals surface area contributed by atoms with Crippen LogP contribution in [-0.4, -0.2) is 17.1 Å². The number of halogens is 1. The van der Waals surface area contributed by atoms with Crippen molar-refractivity contribution in [3.05, 3.63) is 105 Å². The predicted octanol–water partition coefficient (Wildman–Crippen LogP) is 5.82. The Hall–Kier alpha value is -3.34. The first-order valence-electron chi connectivity index (χ1n) is 10.3. The molecule has 4 rings (SSSR count). The average molecular weight is 518 g/mol. The molecule has 1 fully saturated rings. The van der Waals surface area contributed by atoms with Crippen LogP contribution < -0.4 is 10.2 Å². The number of nitrogens with one attached hydrogen (secondary N) is 1. The van der Waals surface area contributed by atoms with Gasteiger partial charge in [-0.3, -0.25) is 14.5 Å². The summed E-state index contributed by atoms with van der Waals surface area (Å²) in [6, 6.07) is 26.2. The van der Waals surface area contributed by atoms with Crippen molar-refractivity contribution >= 4 is 50.9 Å². The molecular weight excluding hydrogens is 498 g/mol. The van der Waals surface area contributed by atoms with Crippen LogP contribution in [0.5, 0.6) is 0 Å². The SMILES string of the molecule is Cc1cccc(C[C@@H]2S/C(=C(/C#N)C(=O)Nc3ccc(Br)cc3)N(c3ccccc3)C2=O)c1. The van der Waals surface area contributed by atoms with Crippen molar-refractivity contribution in [1.29, 1.82) is 5.26 Å². The summed E-state index contributed by atoms with van der Waals surface area (Å²) in [6.45, 7) is 2.01. The Labute approximate surface area is 205 Å². The lowest BCUT2D eigenvalue weighted by Crippen LogP contribution is -2.30. The minimum absolute atomic E-state index is 0.0909. The number of amides is 2. The summed E-state index contributed by atoms with van der Waals surface area (Å²) < 4.78 is 0.880. The Morgan fingerprint density at radius 3 is 2.48 bits per heavy atom. The monoisotopic (exact) mass is 517 g/mol. The van der Waals surface area contributed by atoms with E-state index in [4.69, 9.17) is 0 Å². The van der Waals surface area contributed by atoms with Crippen LogP contribution in [0.1, 0.15) is 11.1 Å². The van der Waals surface area contributed by atoms with Gasteiger partial charge < -0.3 is 5.32 Å². The van der Waals surface area contributed by atoms with E-state index >= 15 is 0 Å². The molecule has 0 aliphatic carbocycles. The summed E-state index contributed by atoms with van der Waals surface area (Å²) in [5.41, 5.74) is 3.25. The van der Waals surface area contributed by atoms with Crippen molar-refractivity contribution in [2.24, 2.45) is 0 Å². The van der Waals surface area contributed by atoms with Crippen LogP contribution in [0.25, 0.3) is 0 Å². The summed E-state index contributed by atoms with van der Waals surface area (Å²) in [5, 5.41) is 12.6. The first-order chi connectivity index (χ1) is 16.0. The summed E-state index contributed by atoms with van der Waals surface area (Å²) in [7, 11) is 0. The molecule has 1 atom stereocenters. The molecule has 1 heterocycles. The molecule has 0 saturated carbocycles. The van der Waals surface area contributed by atoms with Gasteiger partial charge in [0.2, 0.25) is 5.91 Å². The number of nitriles is 1. The predicted molar refractivity (Wildman–Crippen MR) is 136 cm³/mol. The van der Waals surface area contributed by atoms with E-state index in [1.807, 2.05) is 55.5 Å². The third kappa shape index (κ3) is 5.19. The highest BCUT2D eigenvalue weighted by molar-refractivity contribution is 9.10. The number of anilines is 2. The topological polar surface area (TPSA) is 73.2 Å². The van der Waals surface area contributed by atoms with Crippen molar-refractivity contribution < 1.29 is 9.59 Å². The molecule has 0 spiro atoms. The summed E-state index contributed by atoms with van der Waals surface area (Å²) in [6.07, 6.45) is 0.505. The van der Waals surface area contributed by atoms with E-state index in [0.29, 0.717) is 22.8 Å².